The van der Waals surface area contributed by atoms with E-state index in [2.05, 4.69) is 15.2 Å². The number of H-pyrrole nitrogens is 1. The zero-order valence-corrected chi connectivity index (χ0v) is 16.2. The number of nitrogens with two attached hydrogens (primary N) is 1. The number of rotatable bonds is 3. The number of carbonyl (C=O) groups excluding carboxylic acids is 1. The number of nitrogens with one attached hydrogen (secondary N) is 1. The summed E-state index contributed by atoms with van der Waals surface area (Å²) >= 11 is 1.27. The molecule has 7 heteroatoms. The van der Waals surface area contributed by atoms with Crippen molar-refractivity contribution in [3.05, 3.63) is 64.5 Å². The molecule has 0 aliphatic carbocycles. The van der Waals surface area contributed by atoms with Crippen molar-refractivity contribution in [3.8, 4) is 16.3 Å². The topological polar surface area (TPSA) is 104 Å². The first-order valence-electron chi connectivity index (χ1n) is 8.66. The molecule has 0 saturated carbocycles. The third-order valence-corrected chi connectivity index (χ3v) is 5.64. The third-order valence-electron chi connectivity index (χ3n) is 4.46. The van der Waals surface area contributed by atoms with Gasteiger partial charge in [-0.2, -0.15) is 0 Å². The SMILES string of the molecule is Cc1cc(C)c2[nH]c(O)c(N=NC(=O)c3sc(-c4ccccc4)cc3N)c2c1. The van der Waals surface area contributed by atoms with Crippen molar-refractivity contribution in [2.45, 2.75) is 13.8 Å². The molecule has 1 amide bonds. The van der Waals surface area contributed by atoms with Gasteiger partial charge in [-0.25, -0.2) is 0 Å². The maximum atomic E-state index is 12.6. The van der Waals surface area contributed by atoms with Crippen molar-refractivity contribution < 1.29 is 9.90 Å². The molecule has 4 aromatic rings. The van der Waals surface area contributed by atoms with Gasteiger partial charge in [0.25, 0.3) is 0 Å². The molecule has 0 saturated heterocycles. The molecule has 28 heavy (non-hydrogen) atoms. The number of thiophene rings is 1. The van der Waals surface area contributed by atoms with E-state index in [1.807, 2.05) is 56.3 Å². The van der Waals surface area contributed by atoms with Crippen LogP contribution in [0, 0.1) is 13.8 Å². The van der Waals surface area contributed by atoms with E-state index >= 15 is 0 Å². The molecular formula is C21H18N4O2S. The summed E-state index contributed by atoms with van der Waals surface area (Å²) in [5.74, 6) is -0.660. The Morgan fingerprint density at radius 1 is 1.14 bits per heavy atom. The number of nitrogens with zero attached hydrogens (tertiary/aromatic N) is 2. The lowest BCUT2D eigenvalue weighted by molar-refractivity contribution is 0.0999. The second-order valence-corrected chi connectivity index (χ2v) is 7.65. The fourth-order valence-electron chi connectivity index (χ4n) is 3.18. The Labute approximate surface area is 165 Å². The molecule has 0 spiro atoms. The van der Waals surface area contributed by atoms with Crippen LogP contribution >= 0.6 is 11.3 Å². The van der Waals surface area contributed by atoms with E-state index in [9.17, 15) is 9.90 Å². The molecular weight excluding hydrogens is 372 g/mol. The van der Waals surface area contributed by atoms with Gasteiger partial charge in [0.2, 0.25) is 5.88 Å². The van der Waals surface area contributed by atoms with Gasteiger partial charge in [-0.1, -0.05) is 42.0 Å². The highest BCUT2D eigenvalue weighted by Gasteiger charge is 2.17. The summed E-state index contributed by atoms with van der Waals surface area (Å²) < 4.78 is 0. The predicted octanol–water partition coefficient (Wildman–Crippen LogP) is 5.73. The Morgan fingerprint density at radius 2 is 1.89 bits per heavy atom. The van der Waals surface area contributed by atoms with Crippen molar-refractivity contribution in [2.24, 2.45) is 10.2 Å². The van der Waals surface area contributed by atoms with Gasteiger partial charge in [-0.05, 0) is 37.1 Å². The smallest absolute Gasteiger partial charge is 0.307 e. The predicted molar refractivity (Wildman–Crippen MR) is 112 cm³/mol. The molecule has 2 aromatic carbocycles. The number of aromatic hydroxyl groups is 1. The third kappa shape index (κ3) is 3.16. The number of hydrogen-bond donors (Lipinski definition) is 3. The van der Waals surface area contributed by atoms with Gasteiger partial charge in [-0.15, -0.1) is 21.6 Å². The number of fused-ring (bicyclic) bond motifs is 1. The monoisotopic (exact) mass is 390 g/mol. The molecule has 0 aliphatic heterocycles. The molecule has 4 N–H and O–H groups in total. The van der Waals surface area contributed by atoms with Crippen LogP contribution in [-0.2, 0) is 0 Å². The Kier molecular flexibility index (Phi) is 4.44. The van der Waals surface area contributed by atoms with Crippen molar-refractivity contribution >= 4 is 39.5 Å². The second kappa shape index (κ2) is 6.94. The van der Waals surface area contributed by atoms with Gasteiger partial charge in [0, 0.05) is 10.3 Å². The van der Waals surface area contributed by atoms with Crippen LogP contribution in [0.1, 0.15) is 20.8 Å². The van der Waals surface area contributed by atoms with Crippen LogP contribution in [0.3, 0.4) is 0 Å². The van der Waals surface area contributed by atoms with Gasteiger partial charge in [0.05, 0.1) is 11.2 Å². The van der Waals surface area contributed by atoms with Crippen LogP contribution in [0.5, 0.6) is 5.88 Å². The maximum absolute atomic E-state index is 12.6. The molecule has 2 aromatic heterocycles. The highest BCUT2D eigenvalue weighted by Crippen LogP contribution is 2.38. The van der Waals surface area contributed by atoms with E-state index < -0.39 is 5.91 Å². The lowest BCUT2D eigenvalue weighted by Gasteiger charge is -1.98. The van der Waals surface area contributed by atoms with E-state index in [1.165, 1.54) is 11.3 Å². The summed E-state index contributed by atoms with van der Waals surface area (Å²) in [6.45, 7) is 3.90. The molecule has 4 rings (SSSR count). The quantitative estimate of drug-likeness (QED) is 0.389. The first-order valence-corrected chi connectivity index (χ1v) is 9.48. The number of azo groups is 1. The van der Waals surface area contributed by atoms with Gasteiger partial charge in [0.1, 0.15) is 4.88 Å². The molecule has 0 unspecified atom stereocenters. The summed E-state index contributed by atoms with van der Waals surface area (Å²) in [7, 11) is 0. The molecule has 6 nitrogen and oxygen atoms in total. The Balaban J connectivity index is 1.68. The van der Waals surface area contributed by atoms with Gasteiger partial charge >= 0.3 is 5.91 Å². The largest absolute Gasteiger partial charge is 0.493 e. The number of benzene rings is 2. The highest BCUT2D eigenvalue weighted by molar-refractivity contribution is 7.18. The Hall–Kier alpha value is -3.45. The fraction of sp³-hybridized carbons (Fsp3) is 0.0952. The number of nitrogen functional groups attached to an aromatic ring is 1. The van der Waals surface area contributed by atoms with Crippen molar-refractivity contribution in [1.29, 1.82) is 0 Å². The van der Waals surface area contributed by atoms with Crippen molar-refractivity contribution in [2.75, 3.05) is 5.73 Å². The fourth-order valence-corrected chi connectivity index (χ4v) is 4.15. The lowest BCUT2D eigenvalue weighted by Crippen LogP contribution is -1.94. The summed E-state index contributed by atoms with van der Waals surface area (Å²) in [6.07, 6.45) is 0. The van der Waals surface area contributed by atoms with Crippen LogP contribution in [0.2, 0.25) is 0 Å². The van der Waals surface area contributed by atoms with Crippen LogP contribution in [0.15, 0.2) is 58.8 Å². The van der Waals surface area contributed by atoms with Gasteiger partial charge in [-0.3, -0.25) is 4.79 Å². The normalized spacial score (nSPS) is 11.5. The Morgan fingerprint density at radius 3 is 2.64 bits per heavy atom. The first-order chi connectivity index (χ1) is 13.4. The minimum Gasteiger partial charge on any atom is -0.493 e. The molecule has 0 fully saturated rings. The van der Waals surface area contributed by atoms with E-state index in [-0.39, 0.29) is 11.6 Å². The van der Waals surface area contributed by atoms with Crippen LogP contribution < -0.4 is 5.73 Å². The zero-order chi connectivity index (χ0) is 19.8. The van der Waals surface area contributed by atoms with Crippen molar-refractivity contribution in [3.63, 3.8) is 0 Å². The van der Waals surface area contributed by atoms with Crippen molar-refractivity contribution in [1.82, 2.24) is 4.98 Å². The number of amides is 1. The summed E-state index contributed by atoms with van der Waals surface area (Å²) in [5.41, 5.74) is 10.4. The lowest BCUT2D eigenvalue weighted by atomic mass is 10.1. The van der Waals surface area contributed by atoms with Gasteiger partial charge < -0.3 is 15.8 Å². The summed E-state index contributed by atoms with van der Waals surface area (Å²) in [4.78, 5) is 16.7. The minimum atomic E-state index is -0.539. The van der Waals surface area contributed by atoms with Crippen LogP contribution in [0.4, 0.5) is 11.4 Å². The van der Waals surface area contributed by atoms with Crippen LogP contribution in [-0.4, -0.2) is 16.0 Å². The number of anilines is 1. The number of aromatic amines is 1. The average molecular weight is 390 g/mol. The minimum absolute atomic E-state index is 0.121. The van der Waals surface area contributed by atoms with E-state index in [4.69, 9.17) is 5.73 Å². The van der Waals surface area contributed by atoms with E-state index in [1.54, 1.807) is 6.07 Å². The second-order valence-electron chi connectivity index (χ2n) is 6.59. The number of hydrogen-bond acceptors (Lipinski definition) is 5. The number of aryl methyl sites for hydroxylation is 2. The average Bonchev–Trinajstić information content (AvgIpc) is 3.21. The molecule has 0 aliphatic rings. The first kappa shape index (κ1) is 17.9. The van der Waals surface area contributed by atoms with Crippen LogP contribution in [0.25, 0.3) is 21.3 Å². The van der Waals surface area contributed by atoms with Gasteiger partial charge in [0.15, 0.2) is 5.69 Å². The summed E-state index contributed by atoms with van der Waals surface area (Å²) in [5, 5.41) is 18.7. The highest BCUT2D eigenvalue weighted by atomic mass is 32.1. The molecule has 140 valence electrons. The molecule has 0 radical (unpaired) electrons. The zero-order valence-electron chi connectivity index (χ0n) is 15.4. The Bertz CT molecular complexity index is 1220. The standard InChI is InChI=1S/C21H18N4O2S/c1-11-8-12(2)17-14(9-11)18(20(26)23-17)24-25-21(27)19-15(22)10-16(28-19)13-6-4-3-5-7-13/h3-10,23,26H,22H2,1-2H3. The molecule has 0 bridgehead atoms. The summed E-state index contributed by atoms with van der Waals surface area (Å²) in [6, 6.07) is 15.3. The van der Waals surface area contributed by atoms with E-state index in [0.717, 1.165) is 32.5 Å². The molecule has 2 heterocycles. The van der Waals surface area contributed by atoms with E-state index in [0.29, 0.717) is 10.6 Å². The molecule has 0 atom stereocenters. The number of aromatic nitrogens is 1. The maximum Gasteiger partial charge on any atom is 0.307 e. The number of carbonyl (C=O) groups is 1.